The number of unbranched alkanes of at least 4 members (excludes halogenated alkanes) is 1. The van der Waals surface area contributed by atoms with Crippen LogP contribution in [0.5, 0.6) is 11.5 Å². The highest BCUT2D eigenvalue weighted by molar-refractivity contribution is 5.91. The van der Waals surface area contributed by atoms with Gasteiger partial charge in [-0.05, 0) is 62.1 Å². The Bertz CT molecular complexity index is 901. The van der Waals surface area contributed by atoms with Gasteiger partial charge >= 0.3 is 11.9 Å². The highest BCUT2D eigenvalue weighted by atomic mass is 16.6. The van der Waals surface area contributed by atoms with Crippen LogP contribution in [0.25, 0.3) is 0 Å². The van der Waals surface area contributed by atoms with Crippen LogP contribution in [0, 0.1) is 0 Å². The van der Waals surface area contributed by atoms with Crippen molar-refractivity contribution in [1.82, 2.24) is 0 Å². The van der Waals surface area contributed by atoms with Crippen LogP contribution >= 0.6 is 0 Å². The Labute approximate surface area is 182 Å². The average Bonchev–Trinajstić information content (AvgIpc) is 2.78. The molecule has 0 heterocycles. The number of allylic oxidation sites excluding steroid dienone is 2. The summed E-state index contributed by atoms with van der Waals surface area (Å²) in [5.41, 5.74) is 1.36. The fourth-order valence-corrected chi connectivity index (χ4v) is 2.85. The molecule has 0 fully saturated rings. The molecule has 0 atom stereocenters. The van der Waals surface area contributed by atoms with Crippen molar-refractivity contribution in [3.05, 3.63) is 71.8 Å². The number of ether oxygens (including phenoxy) is 3. The molecule has 0 spiro atoms. The smallest absolute Gasteiger partial charge is 0.343 e. The first kappa shape index (κ1) is 23.9. The van der Waals surface area contributed by atoms with Gasteiger partial charge in [-0.1, -0.05) is 30.3 Å². The number of aryl methyl sites for hydroxylation is 1. The molecule has 0 unspecified atom stereocenters. The summed E-state index contributed by atoms with van der Waals surface area (Å²) < 4.78 is 15.6. The van der Waals surface area contributed by atoms with Gasteiger partial charge in [0, 0.05) is 12.8 Å². The van der Waals surface area contributed by atoms with Crippen LogP contribution in [-0.4, -0.2) is 31.4 Å². The van der Waals surface area contributed by atoms with Crippen LogP contribution in [0.15, 0.2) is 60.7 Å². The Kier molecular flexibility index (Phi) is 10.0. The van der Waals surface area contributed by atoms with Gasteiger partial charge < -0.3 is 14.2 Å². The van der Waals surface area contributed by atoms with E-state index in [1.54, 1.807) is 55.5 Å². The molecule has 0 aliphatic carbocycles. The van der Waals surface area contributed by atoms with E-state index in [-0.39, 0.29) is 11.8 Å². The van der Waals surface area contributed by atoms with Crippen LogP contribution in [0.3, 0.4) is 0 Å². The van der Waals surface area contributed by atoms with Crippen molar-refractivity contribution in [3.63, 3.8) is 0 Å². The number of esters is 2. The van der Waals surface area contributed by atoms with Crippen LogP contribution < -0.4 is 9.47 Å². The molecule has 0 amide bonds. The van der Waals surface area contributed by atoms with Crippen molar-refractivity contribution >= 4 is 17.7 Å². The number of carbonyl (C=O) groups excluding carboxylic acids is 3. The lowest BCUT2D eigenvalue weighted by Gasteiger charge is -2.11. The zero-order valence-electron chi connectivity index (χ0n) is 18.0. The van der Waals surface area contributed by atoms with Crippen LogP contribution in [0.2, 0.25) is 0 Å². The Morgan fingerprint density at radius 1 is 0.968 bits per heavy atom. The quantitative estimate of drug-likeness (QED) is 0.213. The largest absolute Gasteiger partial charge is 0.493 e. The molecule has 0 N–H and O–H groups in total. The average molecular weight is 424 g/mol. The number of rotatable bonds is 12. The lowest BCUT2D eigenvalue weighted by Crippen LogP contribution is -2.09. The van der Waals surface area contributed by atoms with E-state index in [0.29, 0.717) is 55.8 Å². The molecule has 0 saturated carbocycles. The molecule has 6 heteroatoms. The predicted octanol–water partition coefficient (Wildman–Crippen LogP) is 4.71. The molecular formula is C25H28O6. The van der Waals surface area contributed by atoms with E-state index >= 15 is 0 Å². The molecule has 2 aromatic carbocycles. The van der Waals surface area contributed by atoms with Crippen molar-refractivity contribution in [2.45, 2.75) is 39.0 Å². The molecule has 0 aliphatic rings. The van der Waals surface area contributed by atoms with Crippen molar-refractivity contribution in [1.29, 1.82) is 0 Å². The third-order valence-electron chi connectivity index (χ3n) is 4.46. The summed E-state index contributed by atoms with van der Waals surface area (Å²) in [6.45, 7) is 2.16. The molecule has 164 valence electrons. The van der Waals surface area contributed by atoms with Crippen LogP contribution in [0.1, 0.15) is 48.5 Å². The lowest BCUT2D eigenvalue weighted by molar-refractivity contribution is -0.143. The number of hydrogen-bond donors (Lipinski definition) is 0. The van der Waals surface area contributed by atoms with E-state index in [1.165, 1.54) is 7.11 Å². The Morgan fingerprint density at radius 2 is 1.74 bits per heavy atom. The molecule has 0 radical (unpaired) electrons. The molecular weight excluding hydrogens is 396 g/mol. The first-order valence-corrected chi connectivity index (χ1v) is 10.3. The molecule has 0 aromatic heterocycles. The maximum atomic E-state index is 12.2. The molecule has 2 aromatic rings. The summed E-state index contributed by atoms with van der Waals surface area (Å²) in [5.74, 6) is 0.0929. The van der Waals surface area contributed by atoms with Gasteiger partial charge in [0.1, 0.15) is 0 Å². The van der Waals surface area contributed by atoms with Gasteiger partial charge in [-0.15, -0.1) is 0 Å². The molecule has 0 bridgehead atoms. The van der Waals surface area contributed by atoms with E-state index in [1.807, 2.05) is 12.1 Å². The van der Waals surface area contributed by atoms with Gasteiger partial charge in [-0.2, -0.15) is 0 Å². The van der Waals surface area contributed by atoms with E-state index in [0.717, 1.165) is 5.56 Å². The van der Waals surface area contributed by atoms with Crippen molar-refractivity contribution in [3.8, 4) is 11.5 Å². The SMILES string of the molecule is CCOC(=O)CCCC=CC(=O)CCc1ccc(OC(=O)c2ccccc2)c(OC)c1. The number of benzene rings is 2. The Morgan fingerprint density at radius 3 is 2.45 bits per heavy atom. The number of carbonyl (C=O) groups is 3. The maximum Gasteiger partial charge on any atom is 0.343 e. The first-order chi connectivity index (χ1) is 15.0. The molecule has 6 nitrogen and oxygen atoms in total. The highest BCUT2D eigenvalue weighted by Crippen LogP contribution is 2.29. The fraction of sp³-hybridized carbons (Fsp3) is 0.320. The third kappa shape index (κ3) is 8.46. The van der Waals surface area contributed by atoms with E-state index in [4.69, 9.17) is 14.2 Å². The van der Waals surface area contributed by atoms with E-state index < -0.39 is 5.97 Å². The summed E-state index contributed by atoms with van der Waals surface area (Å²) in [6, 6.07) is 14.0. The first-order valence-electron chi connectivity index (χ1n) is 10.3. The molecule has 2 rings (SSSR count). The number of hydrogen-bond acceptors (Lipinski definition) is 6. The Balaban J connectivity index is 1.83. The second-order valence-electron chi connectivity index (χ2n) is 6.81. The minimum Gasteiger partial charge on any atom is -0.493 e. The second-order valence-corrected chi connectivity index (χ2v) is 6.81. The van der Waals surface area contributed by atoms with Crippen molar-refractivity contribution in [2.24, 2.45) is 0 Å². The Hall–Kier alpha value is -3.41. The summed E-state index contributed by atoms with van der Waals surface area (Å²) >= 11 is 0. The van der Waals surface area contributed by atoms with E-state index in [2.05, 4.69) is 0 Å². The highest BCUT2D eigenvalue weighted by Gasteiger charge is 2.13. The number of methoxy groups -OCH3 is 1. The van der Waals surface area contributed by atoms with Gasteiger partial charge in [0.05, 0.1) is 19.3 Å². The molecule has 31 heavy (non-hydrogen) atoms. The van der Waals surface area contributed by atoms with Crippen LogP contribution in [-0.2, 0) is 20.7 Å². The van der Waals surface area contributed by atoms with Gasteiger partial charge in [-0.25, -0.2) is 4.79 Å². The lowest BCUT2D eigenvalue weighted by atomic mass is 10.1. The normalized spacial score (nSPS) is 10.6. The van der Waals surface area contributed by atoms with Gasteiger partial charge in [-0.3, -0.25) is 9.59 Å². The summed E-state index contributed by atoms with van der Waals surface area (Å²) in [5, 5.41) is 0. The van der Waals surface area contributed by atoms with Gasteiger partial charge in [0.15, 0.2) is 17.3 Å². The minimum atomic E-state index is -0.463. The predicted molar refractivity (Wildman–Crippen MR) is 117 cm³/mol. The molecule has 0 aliphatic heterocycles. The van der Waals surface area contributed by atoms with E-state index in [9.17, 15) is 14.4 Å². The van der Waals surface area contributed by atoms with Crippen LogP contribution in [0.4, 0.5) is 0 Å². The molecule has 0 saturated heterocycles. The summed E-state index contributed by atoms with van der Waals surface area (Å²) in [4.78, 5) is 35.6. The van der Waals surface area contributed by atoms with Gasteiger partial charge in [0.25, 0.3) is 0 Å². The zero-order chi connectivity index (χ0) is 22.5. The monoisotopic (exact) mass is 424 g/mol. The second kappa shape index (κ2) is 13.0. The third-order valence-corrected chi connectivity index (χ3v) is 4.46. The summed E-state index contributed by atoms with van der Waals surface area (Å²) in [7, 11) is 1.50. The zero-order valence-corrected chi connectivity index (χ0v) is 18.0. The number of ketones is 1. The summed E-state index contributed by atoms with van der Waals surface area (Å²) in [6.07, 6.45) is 5.89. The fourth-order valence-electron chi connectivity index (χ4n) is 2.85. The minimum absolute atomic E-state index is 0.00897. The van der Waals surface area contributed by atoms with Crippen molar-refractivity contribution in [2.75, 3.05) is 13.7 Å². The van der Waals surface area contributed by atoms with Gasteiger partial charge in [0.2, 0.25) is 0 Å². The van der Waals surface area contributed by atoms with Crippen molar-refractivity contribution < 1.29 is 28.6 Å². The standard InChI is InChI=1S/C25H28O6/c1-3-30-24(27)13-9-5-8-12-21(26)16-14-19-15-17-22(23(18-19)29-2)31-25(28)20-10-6-4-7-11-20/h4,6-8,10-12,15,17-18H,3,5,9,13-14,16H2,1-2H3. The topological polar surface area (TPSA) is 78.9 Å². The maximum absolute atomic E-state index is 12.2.